The lowest BCUT2D eigenvalue weighted by atomic mass is 10.1. The Labute approximate surface area is 142 Å². The zero-order chi connectivity index (χ0) is 17.7. The molecule has 0 aliphatic heterocycles. The van der Waals surface area contributed by atoms with Crippen molar-refractivity contribution >= 4 is 23.2 Å². The van der Waals surface area contributed by atoms with Crippen LogP contribution in [-0.4, -0.2) is 12.5 Å². The van der Waals surface area contributed by atoms with Crippen molar-refractivity contribution in [1.82, 2.24) is 5.32 Å². The maximum absolute atomic E-state index is 12.8. The van der Waals surface area contributed by atoms with Gasteiger partial charge in [-0.05, 0) is 30.7 Å². The highest BCUT2D eigenvalue weighted by Gasteiger charge is 2.33. The largest absolute Gasteiger partial charge is 0.417 e. The van der Waals surface area contributed by atoms with Gasteiger partial charge in [0.2, 0.25) is 5.91 Å². The topological polar surface area (TPSA) is 41.1 Å². The summed E-state index contributed by atoms with van der Waals surface area (Å²) in [5, 5.41) is 4.95. The molecule has 2 rings (SSSR count). The molecule has 0 fully saturated rings. The van der Waals surface area contributed by atoms with Crippen LogP contribution in [0.1, 0.15) is 16.7 Å². The number of aryl methyl sites for hydroxylation is 1. The molecule has 0 saturated heterocycles. The van der Waals surface area contributed by atoms with Crippen molar-refractivity contribution in [2.24, 2.45) is 0 Å². The summed E-state index contributed by atoms with van der Waals surface area (Å²) in [5.74, 6) is -0.433. The van der Waals surface area contributed by atoms with E-state index < -0.39 is 22.7 Å². The summed E-state index contributed by atoms with van der Waals surface area (Å²) in [5.41, 5.74) is 1.22. The van der Waals surface area contributed by atoms with Crippen LogP contribution in [0.3, 0.4) is 0 Å². The molecule has 0 heterocycles. The summed E-state index contributed by atoms with van der Waals surface area (Å²) in [6.07, 6.45) is -4.57. The third-order valence-electron chi connectivity index (χ3n) is 3.29. The summed E-state index contributed by atoms with van der Waals surface area (Å²) in [7, 11) is 0. The fourth-order valence-electron chi connectivity index (χ4n) is 2.05. The van der Waals surface area contributed by atoms with Crippen molar-refractivity contribution in [3.05, 3.63) is 64.2 Å². The Balaban J connectivity index is 1.89. The van der Waals surface area contributed by atoms with Crippen molar-refractivity contribution < 1.29 is 18.0 Å². The smallest absolute Gasteiger partial charge is 0.325 e. The molecule has 3 nitrogen and oxygen atoms in total. The molecule has 0 unspecified atom stereocenters. The van der Waals surface area contributed by atoms with E-state index in [9.17, 15) is 18.0 Å². The number of hydrogen-bond acceptors (Lipinski definition) is 2. The first kappa shape index (κ1) is 18.3. The second kappa shape index (κ2) is 7.68. The van der Waals surface area contributed by atoms with E-state index in [-0.39, 0.29) is 12.2 Å². The van der Waals surface area contributed by atoms with Crippen LogP contribution in [0.15, 0.2) is 42.5 Å². The first-order valence-corrected chi connectivity index (χ1v) is 7.56. The van der Waals surface area contributed by atoms with Crippen molar-refractivity contribution in [1.29, 1.82) is 0 Å². The number of anilines is 1. The van der Waals surface area contributed by atoms with Gasteiger partial charge in [0.05, 0.1) is 17.1 Å². The van der Waals surface area contributed by atoms with Crippen molar-refractivity contribution in [2.75, 3.05) is 11.9 Å². The Morgan fingerprint density at radius 2 is 1.79 bits per heavy atom. The second-order valence-electron chi connectivity index (χ2n) is 5.33. The van der Waals surface area contributed by atoms with Crippen LogP contribution >= 0.6 is 11.6 Å². The molecule has 2 aromatic rings. The summed E-state index contributed by atoms with van der Waals surface area (Å²) in [6.45, 7) is 2.45. The highest BCUT2D eigenvalue weighted by molar-refractivity contribution is 6.31. The average molecular weight is 357 g/mol. The lowest BCUT2D eigenvalue weighted by Gasteiger charge is -2.12. The summed E-state index contributed by atoms with van der Waals surface area (Å²) in [4.78, 5) is 11.8. The Morgan fingerprint density at radius 3 is 2.42 bits per heavy atom. The number of rotatable bonds is 5. The average Bonchev–Trinajstić information content (AvgIpc) is 2.50. The van der Waals surface area contributed by atoms with Crippen LogP contribution in [0.5, 0.6) is 0 Å². The number of alkyl halides is 3. The normalized spacial score (nSPS) is 11.4. The molecular formula is C17H16ClF3N2O. The zero-order valence-corrected chi connectivity index (χ0v) is 13.6. The molecule has 0 aliphatic carbocycles. The number of halogens is 4. The number of amides is 1. The summed E-state index contributed by atoms with van der Waals surface area (Å²) in [6, 6.07) is 11.1. The van der Waals surface area contributed by atoms with Gasteiger partial charge in [-0.2, -0.15) is 13.2 Å². The minimum Gasteiger partial charge on any atom is -0.325 e. The maximum atomic E-state index is 12.8. The van der Waals surface area contributed by atoms with E-state index >= 15 is 0 Å². The van der Waals surface area contributed by atoms with E-state index in [1.54, 1.807) is 0 Å². The van der Waals surface area contributed by atoms with E-state index in [0.29, 0.717) is 6.54 Å². The minimum absolute atomic E-state index is 0.0160. The van der Waals surface area contributed by atoms with Gasteiger partial charge in [-0.1, -0.05) is 41.4 Å². The van der Waals surface area contributed by atoms with Crippen molar-refractivity contribution in [2.45, 2.75) is 19.6 Å². The first-order valence-electron chi connectivity index (χ1n) is 7.18. The highest BCUT2D eigenvalue weighted by Crippen LogP contribution is 2.36. The zero-order valence-electron chi connectivity index (χ0n) is 12.9. The Bertz CT molecular complexity index is 715. The molecule has 2 aromatic carbocycles. The number of carbonyl (C=O) groups excluding carboxylic acids is 1. The van der Waals surface area contributed by atoms with E-state index in [1.807, 2.05) is 31.2 Å². The van der Waals surface area contributed by atoms with Crippen LogP contribution in [0.4, 0.5) is 18.9 Å². The van der Waals surface area contributed by atoms with Gasteiger partial charge in [-0.15, -0.1) is 0 Å². The van der Waals surface area contributed by atoms with Gasteiger partial charge in [0.1, 0.15) is 0 Å². The SMILES string of the molecule is Cc1ccc(CNCC(=O)Nc2ccc(Cl)c(C(F)(F)F)c2)cc1. The van der Waals surface area contributed by atoms with E-state index in [2.05, 4.69) is 10.6 Å². The standard InChI is InChI=1S/C17H16ClF3N2O/c1-11-2-4-12(5-3-11)9-22-10-16(24)23-13-6-7-15(18)14(8-13)17(19,20)21/h2-8,22H,9-10H2,1H3,(H,23,24). The van der Waals surface area contributed by atoms with E-state index in [0.717, 1.165) is 23.3 Å². The summed E-state index contributed by atoms with van der Waals surface area (Å²) >= 11 is 5.53. The highest BCUT2D eigenvalue weighted by atomic mass is 35.5. The van der Waals surface area contributed by atoms with Crippen LogP contribution in [0, 0.1) is 6.92 Å². The quantitative estimate of drug-likeness (QED) is 0.834. The van der Waals surface area contributed by atoms with Crippen LogP contribution in [0.25, 0.3) is 0 Å². The van der Waals surface area contributed by atoms with Gasteiger partial charge < -0.3 is 10.6 Å². The number of carbonyl (C=O) groups is 1. The maximum Gasteiger partial charge on any atom is 0.417 e. The number of benzene rings is 2. The Hall–Kier alpha value is -2.05. The Morgan fingerprint density at radius 1 is 1.12 bits per heavy atom. The first-order chi connectivity index (χ1) is 11.3. The Kier molecular flexibility index (Phi) is 5.85. The number of nitrogens with one attached hydrogen (secondary N) is 2. The van der Waals surface area contributed by atoms with Gasteiger partial charge in [0, 0.05) is 12.2 Å². The van der Waals surface area contributed by atoms with Gasteiger partial charge in [-0.25, -0.2) is 0 Å². The lowest BCUT2D eigenvalue weighted by Crippen LogP contribution is -2.27. The predicted octanol–water partition coefficient (Wildman–Crippen LogP) is 4.40. The minimum atomic E-state index is -4.57. The molecule has 1 amide bonds. The van der Waals surface area contributed by atoms with Gasteiger partial charge >= 0.3 is 6.18 Å². The third-order valence-corrected chi connectivity index (χ3v) is 3.62. The van der Waals surface area contributed by atoms with Crippen LogP contribution in [-0.2, 0) is 17.5 Å². The molecule has 0 aliphatic rings. The molecule has 2 N–H and O–H groups in total. The molecule has 0 saturated carbocycles. The molecule has 0 atom stereocenters. The molecule has 24 heavy (non-hydrogen) atoms. The van der Waals surface area contributed by atoms with Crippen molar-refractivity contribution in [3.8, 4) is 0 Å². The lowest BCUT2D eigenvalue weighted by molar-refractivity contribution is -0.137. The molecule has 0 spiro atoms. The molecule has 0 radical (unpaired) electrons. The van der Waals surface area contributed by atoms with Crippen LogP contribution < -0.4 is 10.6 Å². The fourth-order valence-corrected chi connectivity index (χ4v) is 2.28. The molecule has 128 valence electrons. The predicted molar refractivity (Wildman–Crippen MR) is 88.0 cm³/mol. The molecule has 0 bridgehead atoms. The van der Waals surface area contributed by atoms with Gasteiger partial charge in [-0.3, -0.25) is 4.79 Å². The third kappa shape index (κ3) is 5.25. The van der Waals surface area contributed by atoms with Crippen LogP contribution in [0.2, 0.25) is 5.02 Å². The fraction of sp³-hybridized carbons (Fsp3) is 0.235. The van der Waals surface area contributed by atoms with E-state index in [4.69, 9.17) is 11.6 Å². The van der Waals surface area contributed by atoms with Crippen molar-refractivity contribution in [3.63, 3.8) is 0 Å². The summed E-state index contributed by atoms with van der Waals surface area (Å²) < 4.78 is 38.3. The number of hydrogen-bond donors (Lipinski definition) is 2. The molecular weight excluding hydrogens is 341 g/mol. The van der Waals surface area contributed by atoms with Gasteiger partial charge in [0.25, 0.3) is 0 Å². The molecule has 7 heteroatoms. The molecule has 0 aromatic heterocycles. The monoisotopic (exact) mass is 356 g/mol. The van der Waals surface area contributed by atoms with E-state index in [1.165, 1.54) is 6.07 Å². The van der Waals surface area contributed by atoms with Gasteiger partial charge in [0.15, 0.2) is 0 Å². The second-order valence-corrected chi connectivity index (χ2v) is 5.74.